The van der Waals surface area contributed by atoms with Crippen molar-refractivity contribution in [1.82, 2.24) is 19.9 Å². The topological polar surface area (TPSA) is 63.3 Å². The van der Waals surface area contributed by atoms with E-state index in [4.69, 9.17) is 14.5 Å². The molecule has 1 atom stereocenters. The molecular formula is C23H24N4O2. The molecule has 0 bridgehead atoms. The number of H-pyrrole nitrogens is 1. The number of rotatable bonds is 5. The number of pyridine rings is 1. The Morgan fingerprint density at radius 3 is 2.83 bits per heavy atom. The first-order chi connectivity index (χ1) is 14.2. The Balaban J connectivity index is 1.44. The minimum absolute atomic E-state index is 0.302. The number of ether oxygens (including phenoxy) is 2. The summed E-state index contributed by atoms with van der Waals surface area (Å²) in [7, 11) is 3.33. The van der Waals surface area contributed by atoms with E-state index < -0.39 is 0 Å². The number of nitrogens with one attached hydrogen (secondary N) is 1. The van der Waals surface area contributed by atoms with Crippen LogP contribution in [-0.4, -0.2) is 40.6 Å². The number of hydrogen-bond acceptors (Lipinski definition) is 5. The number of likely N-dealkylation sites (tertiary alicyclic amines) is 1. The first kappa shape index (κ1) is 17.9. The van der Waals surface area contributed by atoms with Gasteiger partial charge in [-0.1, -0.05) is 12.1 Å². The van der Waals surface area contributed by atoms with Gasteiger partial charge in [0.1, 0.15) is 17.3 Å². The number of aromatic nitrogens is 3. The van der Waals surface area contributed by atoms with Crippen LogP contribution in [0, 0.1) is 0 Å². The maximum Gasteiger partial charge on any atom is 0.131 e. The molecule has 148 valence electrons. The van der Waals surface area contributed by atoms with Crippen LogP contribution < -0.4 is 9.47 Å². The van der Waals surface area contributed by atoms with E-state index in [2.05, 4.69) is 33.1 Å². The quantitative estimate of drug-likeness (QED) is 0.547. The Labute approximate surface area is 169 Å². The molecule has 0 saturated carbocycles. The number of imidazole rings is 1. The lowest BCUT2D eigenvalue weighted by molar-refractivity contribution is 0.241. The fraction of sp³-hybridized carbons (Fsp3) is 0.304. The van der Waals surface area contributed by atoms with Gasteiger partial charge in [0.05, 0.1) is 36.8 Å². The number of aromatic amines is 1. The number of para-hydroxylation sites is 2. The molecule has 6 nitrogen and oxygen atoms in total. The summed E-state index contributed by atoms with van der Waals surface area (Å²) in [6.45, 7) is 1.89. The first-order valence-corrected chi connectivity index (χ1v) is 9.94. The Hall–Kier alpha value is -3.12. The molecule has 0 amide bonds. The van der Waals surface area contributed by atoms with Crippen LogP contribution in [-0.2, 0) is 6.54 Å². The molecule has 1 saturated heterocycles. The molecule has 1 aliphatic heterocycles. The van der Waals surface area contributed by atoms with E-state index in [0.717, 1.165) is 58.8 Å². The lowest BCUT2D eigenvalue weighted by Crippen LogP contribution is -2.23. The molecule has 5 rings (SSSR count). The van der Waals surface area contributed by atoms with Crippen molar-refractivity contribution < 1.29 is 9.47 Å². The predicted molar refractivity (Wildman–Crippen MR) is 113 cm³/mol. The highest BCUT2D eigenvalue weighted by atomic mass is 16.5. The lowest BCUT2D eigenvalue weighted by Gasteiger charge is -2.23. The van der Waals surface area contributed by atoms with Crippen molar-refractivity contribution in [3.8, 4) is 11.5 Å². The molecule has 2 aromatic carbocycles. The van der Waals surface area contributed by atoms with Crippen molar-refractivity contribution in [2.45, 2.75) is 25.4 Å². The standard InChI is InChI=1S/C23H24N4O2/c1-28-16-11-20-17(22(12-16)29-2)10-15(13-24-20)14-27-9-5-8-21(27)23-25-18-6-3-4-7-19(18)26-23/h3-4,6-7,10-13,21H,5,8-9,14H2,1-2H3,(H,25,26). The smallest absolute Gasteiger partial charge is 0.131 e. The summed E-state index contributed by atoms with van der Waals surface area (Å²) in [5.74, 6) is 2.59. The Bertz CT molecular complexity index is 1140. The molecule has 1 aliphatic rings. The highest BCUT2D eigenvalue weighted by Crippen LogP contribution is 2.34. The second-order valence-electron chi connectivity index (χ2n) is 7.51. The third kappa shape index (κ3) is 3.29. The van der Waals surface area contributed by atoms with Crippen LogP contribution in [0.5, 0.6) is 11.5 Å². The van der Waals surface area contributed by atoms with Gasteiger partial charge in [0.25, 0.3) is 0 Å². The third-order valence-electron chi connectivity index (χ3n) is 5.72. The molecule has 6 heteroatoms. The molecule has 4 aromatic rings. The van der Waals surface area contributed by atoms with E-state index >= 15 is 0 Å². The minimum atomic E-state index is 0.302. The van der Waals surface area contributed by atoms with E-state index in [1.807, 2.05) is 30.5 Å². The summed E-state index contributed by atoms with van der Waals surface area (Å²) in [5.41, 5.74) is 4.17. The van der Waals surface area contributed by atoms with Gasteiger partial charge in [-0.3, -0.25) is 9.88 Å². The summed E-state index contributed by atoms with van der Waals surface area (Å²) < 4.78 is 10.9. The normalized spacial score (nSPS) is 17.2. The van der Waals surface area contributed by atoms with Crippen molar-refractivity contribution >= 4 is 21.9 Å². The second-order valence-corrected chi connectivity index (χ2v) is 7.51. The van der Waals surface area contributed by atoms with Crippen LogP contribution in [0.1, 0.15) is 30.3 Å². The van der Waals surface area contributed by atoms with Gasteiger partial charge in [-0.2, -0.15) is 0 Å². The molecule has 2 aromatic heterocycles. The highest BCUT2D eigenvalue weighted by Gasteiger charge is 2.28. The molecule has 0 radical (unpaired) electrons. The molecular weight excluding hydrogens is 364 g/mol. The number of nitrogens with zero attached hydrogens (tertiary/aromatic N) is 3. The van der Waals surface area contributed by atoms with Crippen LogP contribution in [0.2, 0.25) is 0 Å². The van der Waals surface area contributed by atoms with Crippen LogP contribution in [0.4, 0.5) is 0 Å². The fourth-order valence-corrected chi connectivity index (χ4v) is 4.28. The largest absolute Gasteiger partial charge is 0.497 e. The van der Waals surface area contributed by atoms with Crippen molar-refractivity contribution in [3.63, 3.8) is 0 Å². The van der Waals surface area contributed by atoms with E-state index in [0.29, 0.717) is 6.04 Å². The maximum absolute atomic E-state index is 5.57. The third-order valence-corrected chi connectivity index (χ3v) is 5.72. The number of fused-ring (bicyclic) bond motifs is 2. The van der Waals surface area contributed by atoms with Crippen LogP contribution in [0.15, 0.2) is 48.7 Å². The highest BCUT2D eigenvalue weighted by molar-refractivity contribution is 5.87. The van der Waals surface area contributed by atoms with E-state index in [1.165, 1.54) is 12.0 Å². The van der Waals surface area contributed by atoms with Gasteiger partial charge in [-0.15, -0.1) is 0 Å². The first-order valence-electron chi connectivity index (χ1n) is 9.94. The van der Waals surface area contributed by atoms with E-state index in [1.54, 1.807) is 14.2 Å². The Kier molecular flexibility index (Phi) is 4.56. The SMILES string of the molecule is COc1cc(OC)c2cc(CN3CCCC3c3nc4ccccc4[nH]3)cnc2c1. The second kappa shape index (κ2) is 7.37. The average Bonchev–Trinajstić information content (AvgIpc) is 3.39. The van der Waals surface area contributed by atoms with E-state index in [-0.39, 0.29) is 0 Å². The van der Waals surface area contributed by atoms with Crippen LogP contribution >= 0.6 is 0 Å². The van der Waals surface area contributed by atoms with Gasteiger partial charge in [0.2, 0.25) is 0 Å². The minimum Gasteiger partial charge on any atom is -0.497 e. The number of methoxy groups -OCH3 is 2. The van der Waals surface area contributed by atoms with Gasteiger partial charge in [0, 0.05) is 30.3 Å². The number of hydrogen-bond donors (Lipinski definition) is 1. The van der Waals surface area contributed by atoms with E-state index in [9.17, 15) is 0 Å². The van der Waals surface area contributed by atoms with Gasteiger partial charge in [0.15, 0.2) is 0 Å². The van der Waals surface area contributed by atoms with Crippen LogP contribution in [0.3, 0.4) is 0 Å². The zero-order valence-electron chi connectivity index (χ0n) is 16.7. The van der Waals surface area contributed by atoms with Crippen molar-refractivity contribution in [2.24, 2.45) is 0 Å². The van der Waals surface area contributed by atoms with Crippen molar-refractivity contribution in [3.05, 3.63) is 60.0 Å². The molecule has 3 heterocycles. The molecule has 1 N–H and O–H groups in total. The van der Waals surface area contributed by atoms with Crippen molar-refractivity contribution in [2.75, 3.05) is 20.8 Å². The van der Waals surface area contributed by atoms with Crippen molar-refractivity contribution in [1.29, 1.82) is 0 Å². The number of benzene rings is 2. The van der Waals surface area contributed by atoms with Gasteiger partial charge < -0.3 is 14.5 Å². The lowest BCUT2D eigenvalue weighted by atomic mass is 10.1. The summed E-state index contributed by atoms with van der Waals surface area (Å²) in [6.07, 6.45) is 4.24. The predicted octanol–water partition coefficient (Wildman–Crippen LogP) is 4.47. The van der Waals surface area contributed by atoms with Gasteiger partial charge >= 0.3 is 0 Å². The fourth-order valence-electron chi connectivity index (χ4n) is 4.28. The molecule has 1 unspecified atom stereocenters. The Morgan fingerprint density at radius 2 is 2.00 bits per heavy atom. The maximum atomic E-state index is 5.57. The summed E-state index contributed by atoms with van der Waals surface area (Å²) >= 11 is 0. The monoisotopic (exact) mass is 388 g/mol. The summed E-state index contributed by atoms with van der Waals surface area (Å²) in [4.78, 5) is 15.5. The van der Waals surface area contributed by atoms with Gasteiger partial charge in [-0.25, -0.2) is 4.98 Å². The van der Waals surface area contributed by atoms with Crippen LogP contribution in [0.25, 0.3) is 21.9 Å². The molecule has 0 spiro atoms. The zero-order chi connectivity index (χ0) is 19.8. The summed E-state index contributed by atoms with van der Waals surface area (Å²) in [6, 6.07) is 14.5. The molecule has 29 heavy (non-hydrogen) atoms. The average molecular weight is 388 g/mol. The Morgan fingerprint density at radius 1 is 1.10 bits per heavy atom. The zero-order valence-corrected chi connectivity index (χ0v) is 16.7. The van der Waals surface area contributed by atoms with Gasteiger partial charge in [-0.05, 0) is 43.1 Å². The molecule has 0 aliphatic carbocycles. The molecule has 1 fully saturated rings. The summed E-state index contributed by atoms with van der Waals surface area (Å²) in [5, 5.41) is 1.00.